The van der Waals surface area contributed by atoms with E-state index in [0.717, 1.165) is 38.5 Å². The first-order valence-corrected chi connectivity index (χ1v) is 12.2. The molecule has 2 nitrogen and oxygen atoms in total. The third kappa shape index (κ3) is 3.55. The van der Waals surface area contributed by atoms with Crippen LogP contribution in [-0.2, 0) is 4.79 Å². The van der Waals surface area contributed by atoms with Crippen LogP contribution >= 0.6 is 0 Å². The molecule has 1 aromatic carbocycles. The van der Waals surface area contributed by atoms with Crippen LogP contribution in [0.2, 0.25) is 0 Å². The van der Waals surface area contributed by atoms with E-state index >= 15 is 0 Å². The van der Waals surface area contributed by atoms with E-state index in [2.05, 4.69) is 71.0 Å². The fourth-order valence-corrected chi connectivity index (χ4v) is 7.01. The van der Waals surface area contributed by atoms with Gasteiger partial charge in [0.1, 0.15) is 5.60 Å². The van der Waals surface area contributed by atoms with Crippen molar-refractivity contribution in [2.45, 2.75) is 91.1 Å². The number of carbonyl (C=O) groups is 1. The largest absolute Gasteiger partial charge is 0.381 e. The van der Waals surface area contributed by atoms with Crippen molar-refractivity contribution in [1.82, 2.24) is 0 Å². The lowest BCUT2D eigenvalue weighted by Gasteiger charge is -2.46. The number of rotatable bonds is 6. The summed E-state index contributed by atoms with van der Waals surface area (Å²) in [4.78, 5) is 14.1. The molecule has 0 aliphatic heterocycles. The molecule has 2 fully saturated rings. The molecule has 0 aromatic heterocycles. The number of Topliss-reactive ketones (excluding diaryl/α,β-unsaturated/α-hetero) is 1. The number of fused-ring (bicyclic) bond motifs is 2. The van der Waals surface area contributed by atoms with E-state index < -0.39 is 5.60 Å². The first-order chi connectivity index (χ1) is 14.6. The van der Waals surface area contributed by atoms with Crippen molar-refractivity contribution < 1.29 is 9.90 Å². The van der Waals surface area contributed by atoms with Crippen molar-refractivity contribution in [1.29, 1.82) is 0 Å². The molecule has 2 saturated carbocycles. The van der Waals surface area contributed by atoms with Crippen LogP contribution in [0.5, 0.6) is 0 Å². The lowest BCUT2D eigenvalue weighted by molar-refractivity contribution is -0.160. The van der Waals surface area contributed by atoms with Gasteiger partial charge < -0.3 is 5.11 Å². The van der Waals surface area contributed by atoms with Crippen molar-refractivity contribution in [3.05, 3.63) is 59.2 Å². The number of hydrogen-bond donors (Lipinski definition) is 1. The SMILES string of the molecule is CC(C)=CCCC1=CC[C@H](C(=O)C2(O)CC3CCC2(C)C3(C)C)[C@@H](c2ccccc2)C1. The molecule has 2 heteroatoms. The van der Waals surface area contributed by atoms with E-state index in [-0.39, 0.29) is 28.4 Å². The zero-order chi connectivity index (χ0) is 22.4. The fraction of sp³-hybridized carbons (Fsp3) is 0.621. The van der Waals surface area contributed by atoms with Crippen molar-refractivity contribution >= 4 is 5.78 Å². The third-order valence-corrected chi connectivity index (χ3v) is 9.51. The average Bonchev–Trinajstić information content (AvgIpc) is 3.06. The molecule has 1 N–H and O–H groups in total. The van der Waals surface area contributed by atoms with Crippen LogP contribution in [0.4, 0.5) is 0 Å². The Morgan fingerprint density at radius 3 is 2.45 bits per heavy atom. The highest BCUT2D eigenvalue weighted by Gasteiger charge is 2.71. The molecular weight excluding hydrogens is 380 g/mol. The molecule has 3 unspecified atom stereocenters. The number of ketones is 1. The van der Waals surface area contributed by atoms with Gasteiger partial charge in [-0.1, -0.05) is 74.4 Å². The van der Waals surface area contributed by atoms with Gasteiger partial charge in [-0.15, -0.1) is 0 Å². The summed E-state index contributed by atoms with van der Waals surface area (Å²) in [5.41, 5.74) is 2.56. The lowest BCUT2D eigenvalue weighted by Crippen LogP contribution is -2.55. The molecule has 0 heterocycles. The van der Waals surface area contributed by atoms with Gasteiger partial charge in [-0.3, -0.25) is 4.79 Å². The third-order valence-electron chi connectivity index (χ3n) is 9.51. The average molecular weight is 421 g/mol. The van der Waals surface area contributed by atoms with Gasteiger partial charge in [0.25, 0.3) is 0 Å². The minimum Gasteiger partial charge on any atom is -0.381 e. The Balaban J connectivity index is 1.63. The Labute approximate surface area is 188 Å². The Morgan fingerprint density at radius 2 is 1.87 bits per heavy atom. The number of allylic oxidation sites excluding steroid dienone is 4. The second kappa shape index (κ2) is 8.03. The normalized spacial score (nSPS) is 36.2. The zero-order valence-electron chi connectivity index (χ0n) is 20.1. The molecular formula is C29H40O2. The fourth-order valence-electron chi connectivity index (χ4n) is 7.01. The first kappa shape index (κ1) is 22.5. The highest BCUT2D eigenvalue weighted by atomic mass is 16.3. The molecule has 0 radical (unpaired) electrons. The van der Waals surface area contributed by atoms with Crippen molar-refractivity contribution in [2.75, 3.05) is 0 Å². The highest BCUT2D eigenvalue weighted by Crippen LogP contribution is 2.70. The number of hydrogen-bond acceptors (Lipinski definition) is 2. The van der Waals surface area contributed by atoms with E-state index in [1.165, 1.54) is 16.7 Å². The minimum absolute atomic E-state index is 0.0136. The molecule has 4 rings (SSSR count). The lowest BCUT2D eigenvalue weighted by atomic mass is 9.59. The monoisotopic (exact) mass is 420 g/mol. The van der Waals surface area contributed by atoms with Crippen molar-refractivity contribution in [2.24, 2.45) is 22.7 Å². The summed E-state index contributed by atoms with van der Waals surface area (Å²) < 4.78 is 0. The molecule has 2 bridgehead atoms. The van der Waals surface area contributed by atoms with E-state index in [0.29, 0.717) is 12.3 Å². The summed E-state index contributed by atoms with van der Waals surface area (Å²) in [6.45, 7) is 11.0. The Morgan fingerprint density at radius 1 is 1.16 bits per heavy atom. The standard InChI is InChI=1S/C29H40O2/c1-20(2)10-9-11-21-14-15-24(25(18-21)22-12-7-6-8-13-22)26(30)29(31)19-23-16-17-28(29,5)27(23,3)4/h6-8,10,12-14,23-25,31H,9,11,15-19H2,1-5H3/t23?,24-,25+,28?,29?/m0/s1. The summed E-state index contributed by atoms with van der Waals surface area (Å²) in [5, 5.41) is 12.0. The van der Waals surface area contributed by atoms with Crippen LogP contribution in [0.15, 0.2) is 53.6 Å². The van der Waals surface area contributed by atoms with Gasteiger partial charge >= 0.3 is 0 Å². The topological polar surface area (TPSA) is 37.3 Å². The molecule has 0 saturated heterocycles. The maximum absolute atomic E-state index is 14.1. The molecule has 0 spiro atoms. The van der Waals surface area contributed by atoms with Crippen LogP contribution in [0, 0.1) is 22.7 Å². The Kier molecular flexibility index (Phi) is 5.83. The van der Waals surface area contributed by atoms with Gasteiger partial charge in [-0.2, -0.15) is 0 Å². The zero-order valence-corrected chi connectivity index (χ0v) is 20.1. The van der Waals surface area contributed by atoms with E-state index in [1.807, 2.05) is 6.07 Å². The molecule has 1 aromatic rings. The van der Waals surface area contributed by atoms with Gasteiger partial charge in [0, 0.05) is 11.3 Å². The maximum Gasteiger partial charge on any atom is 0.168 e. The molecule has 5 atom stereocenters. The van der Waals surface area contributed by atoms with Gasteiger partial charge in [0.2, 0.25) is 0 Å². The van der Waals surface area contributed by atoms with Crippen molar-refractivity contribution in [3.63, 3.8) is 0 Å². The van der Waals surface area contributed by atoms with Crippen molar-refractivity contribution in [3.8, 4) is 0 Å². The highest BCUT2D eigenvalue weighted by molar-refractivity contribution is 5.92. The smallest absolute Gasteiger partial charge is 0.168 e. The second-order valence-electron chi connectivity index (χ2n) is 11.5. The molecule has 3 aliphatic rings. The quantitative estimate of drug-likeness (QED) is 0.503. The van der Waals surface area contributed by atoms with E-state index in [9.17, 15) is 9.90 Å². The Bertz CT molecular complexity index is 889. The molecule has 168 valence electrons. The van der Waals surface area contributed by atoms with Crippen LogP contribution in [0.1, 0.15) is 91.0 Å². The summed E-state index contributed by atoms with van der Waals surface area (Å²) in [7, 11) is 0. The van der Waals surface area contributed by atoms with Crippen LogP contribution in [-0.4, -0.2) is 16.5 Å². The number of aliphatic hydroxyl groups is 1. The Hall–Kier alpha value is -1.67. The minimum atomic E-state index is -1.19. The summed E-state index contributed by atoms with van der Waals surface area (Å²) in [6.07, 6.45) is 11.2. The molecule has 3 aliphatic carbocycles. The van der Waals surface area contributed by atoms with Gasteiger partial charge in [0.05, 0.1) is 0 Å². The summed E-state index contributed by atoms with van der Waals surface area (Å²) in [5.74, 6) is 0.584. The first-order valence-electron chi connectivity index (χ1n) is 12.2. The van der Waals surface area contributed by atoms with Gasteiger partial charge in [0.15, 0.2) is 5.78 Å². The molecule has 31 heavy (non-hydrogen) atoms. The summed E-state index contributed by atoms with van der Waals surface area (Å²) in [6, 6.07) is 10.5. The van der Waals surface area contributed by atoms with Gasteiger partial charge in [-0.25, -0.2) is 0 Å². The summed E-state index contributed by atoms with van der Waals surface area (Å²) >= 11 is 0. The second-order valence-corrected chi connectivity index (χ2v) is 11.5. The predicted molar refractivity (Wildman–Crippen MR) is 128 cm³/mol. The maximum atomic E-state index is 14.1. The number of carbonyl (C=O) groups excluding carboxylic acids is 1. The molecule has 0 amide bonds. The van der Waals surface area contributed by atoms with E-state index in [1.54, 1.807) is 0 Å². The van der Waals surface area contributed by atoms with Crippen LogP contribution < -0.4 is 0 Å². The van der Waals surface area contributed by atoms with E-state index in [4.69, 9.17) is 0 Å². The number of benzene rings is 1. The van der Waals surface area contributed by atoms with Crippen LogP contribution in [0.25, 0.3) is 0 Å². The van der Waals surface area contributed by atoms with Gasteiger partial charge in [-0.05, 0) is 81.6 Å². The van der Waals surface area contributed by atoms with Crippen LogP contribution in [0.3, 0.4) is 0 Å². The predicted octanol–water partition coefficient (Wildman–Crippen LogP) is 7.00.